The summed E-state index contributed by atoms with van der Waals surface area (Å²) in [7, 11) is -5.12. The maximum atomic E-state index is 14.5. The number of ether oxygens (including phenoxy) is 1. The molecule has 13 heteroatoms. The van der Waals surface area contributed by atoms with Crippen molar-refractivity contribution in [1.82, 2.24) is 10.1 Å². The van der Waals surface area contributed by atoms with Crippen molar-refractivity contribution in [3.8, 4) is 0 Å². The highest BCUT2D eigenvalue weighted by molar-refractivity contribution is 7.54. The third-order valence-electron chi connectivity index (χ3n) is 7.34. The second-order valence-electron chi connectivity index (χ2n) is 16.4. The number of hydroxylamine groups is 4. The molecule has 1 rings (SSSR count). The minimum absolute atomic E-state index is 0.129. The lowest BCUT2D eigenvalue weighted by Crippen LogP contribution is -2.54. The first-order valence-corrected chi connectivity index (χ1v) is 20.8. The summed E-state index contributed by atoms with van der Waals surface area (Å²) in [5.74, 6) is -1.65. The molecule has 1 aromatic rings. The van der Waals surface area contributed by atoms with Gasteiger partial charge >= 0.3 is 13.6 Å². The molecule has 0 saturated heterocycles. The molecule has 0 bridgehead atoms. The monoisotopic (exact) mass is 748 g/mol. The van der Waals surface area contributed by atoms with E-state index in [1.165, 1.54) is 0 Å². The van der Waals surface area contributed by atoms with Crippen LogP contribution in [0.2, 0.25) is 0 Å². The number of esters is 1. The second kappa shape index (κ2) is 19.9. The topological polar surface area (TPSA) is 105 Å². The highest BCUT2D eigenvalue weighted by Crippen LogP contribution is 2.61. The van der Waals surface area contributed by atoms with Gasteiger partial charge in [-0.3, -0.25) is 14.2 Å². The molecule has 1 aromatic carbocycles. The Morgan fingerprint density at radius 2 is 1.20 bits per heavy atom. The van der Waals surface area contributed by atoms with Crippen LogP contribution in [-0.4, -0.2) is 77.9 Å². The van der Waals surface area contributed by atoms with E-state index in [4.69, 9.17) is 32.5 Å². The van der Waals surface area contributed by atoms with Gasteiger partial charge in [-0.05, 0) is 92.6 Å². The lowest BCUT2D eigenvalue weighted by Gasteiger charge is -2.48. The molecule has 0 N–H and O–H groups in total. The molecule has 0 amide bonds. The Morgan fingerprint density at radius 3 is 1.58 bits per heavy atom. The second-order valence-corrected chi connectivity index (χ2v) is 20.0. The fraction of sp³-hybridized carbons (Fsp3) is 0.811. The van der Waals surface area contributed by atoms with E-state index in [9.17, 15) is 9.36 Å². The summed E-state index contributed by atoms with van der Waals surface area (Å²) in [5.41, 5.74) is -1.32. The lowest BCUT2D eigenvalue weighted by molar-refractivity contribution is -0.280. The summed E-state index contributed by atoms with van der Waals surface area (Å²) < 4.78 is 44.5. The maximum absolute atomic E-state index is 14.5. The number of hydrogen-bond donors (Lipinski definition) is 0. The normalized spacial score (nSPS) is 16.2. The van der Waals surface area contributed by atoms with Gasteiger partial charge in [-0.15, -0.1) is 0 Å². The van der Waals surface area contributed by atoms with Crippen molar-refractivity contribution in [2.24, 2.45) is 10.8 Å². The standard InChI is InChI=1S/C37H70N2O9P2/c1-18-43-49(44-19-2)32(34(6,7)8)38(36(12,13)14)47-28(5)31(40)42-27-30(29-25-23-22-24-26-29)48-39(37(15,16)17)33(35(9,10)11)50(41,45-20-3)46-21-4/h22-26,28,30,32-33H,18-21,27H2,1-17H3. The van der Waals surface area contributed by atoms with Gasteiger partial charge in [-0.1, -0.05) is 71.9 Å². The molecule has 292 valence electrons. The highest BCUT2D eigenvalue weighted by Gasteiger charge is 2.52. The van der Waals surface area contributed by atoms with Crippen LogP contribution in [0.4, 0.5) is 0 Å². The zero-order chi connectivity index (χ0) is 38.7. The van der Waals surface area contributed by atoms with Crippen LogP contribution in [0.25, 0.3) is 0 Å². The minimum atomic E-state index is -3.73. The first kappa shape index (κ1) is 47.1. The zero-order valence-corrected chi connectivity index (χ0v) is 36.0. The number of nitrogens with zero attached hydrogens (tertiary/aromatic N) is 2. The van der Waals surface area contributed by atoms with E-state index in [1.54, 1.807) is 25.8 Å². The van der Waals surface area contributed by atoms with Gasteiger partial charge in [0.15, 0.2) is 14.5 Å². The SMILES string of the molecule is CCOP(OCC)C(N(OC(C)C(=O)OCC(ON(C(C(C)(C)C)P(=O)(OCC)OCC)C(C)(C)C)c1ccccc1)C(C)(C)C)C(C)(C)C. The number of rotatable bonds is 20. The van der Waals surface area contributed by atoms with Gasteiger partial charge in [0, 0.05) is 11.1 Å². The molecule has 4 unspecified atom stereocenters. The van der Waals surface area contributed by atoms with Crippen molar-refractivity contribution in [1.29, 1.82) is 0 Å². The molecule has 4 atom stereocenters. The first-order chi connectivity index (χ1) is 22.9. The lowest BCUT2D eigenvalue weighted by atomic mass is 9.94. The van der Waals surface area contributed by atoms with E-state index >= 15 is 0 Å². The molecule has 0 aliphatic rings. The Morgan fingerprint density at radius 1 is 0.720 bits per heavy atom. The summed E-state index contributed by atoms with van der Waals surface area (Å²) >= 11 is 0. The summed E-state index contributed by atoms with van der Waals surface area (Å²) in [5, 5.41) is 3.55. The van der Waals surface area contributed by atoms with Gasteiger partial charge in [-0.25, -0.2) is 4.79 Å². The van der Waals surface area contributed by atoms with Gasteiger partial charge in [0.25, 0.3) is 0 Å². The van der Waals surface area contributed by atoms with Gasteiger partial charge in [0.05, 0.1) is 26.4 Å². The molecule has 0 radical (unpaired) electrons. The van der Waals surface area contributed by atoms with Crippen molar-refractivity contribution >= 4 is 21.9 Å². The van der Waals surface area contributed by atoms with Crippen LogP contribution in [-0.2, 0) is 41.9 Å². The van der Waals surface area contributed by atoms with Gasteiger partial charge in [0.1, 0.15) is 24.3 Å². The Balaban J connectivity index is 3.54. The summed E-state index contributed by atoms with van der Waals surface area (Å²) in [4.78, 5) is 27.0. The molecule has 0 aromatic heterocycles. The van der Waals surface area contributed by atoms with E-state index in [1.807, 2.05) is 112 Å². The number of carbonyl (C=O) groups is 1. The van der Waals surface area contributed by atoms with Crippen molar-refractivity contribution in [2.75, 3.05) is 33.0 Å². The first-order valence-electron chi connectivity index (χ1n) is 18.0. The van der Waals surface area contributed by atoms with E-state index in [0.717, 1.165) is 5.56 Å². The van der Waals surface area contributed by atoms with Crippen LogP contribution in [0.3, 0.4) is 0 Å². The van der Waals surface area contributed by atoms with E-state index in [-0.39, 0.29) is 31.0 Å². The predicted octanol–water partition coefficient (Wildman–Crippen LogP) is 10.1. The van der Waals surface area contributed by atoms with Gasteiger partial charge in [0.2, 0.25) is 0 Å². The molecular formula is C37H70N2O9P2. The van der Waals surface area contributed by atoms with Crippen LogP contribution in [0.15, 0.2) is 30.3 Å². The van der Waals surface area contributed by atoms with Crippen LogP contribution in [0.5, 0.6) is 0 Å². The molecule has 0 spiro atoms. The van der Waals surface area contributed by atoms with Crippen molar-refractivity contribution in [3.63, 3.8) is 0 Å². The molecule has 0 aliphatic heterocycles. The number of carbonyl (C=O) groups excluding carboxylic acids is 1. The average molecular weight is 749 g/mol. The van der Waals surface area contributed by atoms with E-state index < -0.39 is 56.4 Å². The Bertz CT molecular complexity index is 1160. The Labute approximate surface area is 305 Å². The van der Waals surface area contributed by atoms with Crippen molar-refractivity contribution in [3.05, 3.63) is 35.9 Å². The summed E-state index contributed by atoms with van der Waals surface area (Å²) in [6.45, 7) is 34.7. The summed E-state index contributed by atoms with van der Waals surface area (Å²) in [6.07, 6.45) is -1.72. The highest BCUT2D eigenvalue weighted by atomic mass is 31.2. The number of benzene rings is 1. The molecule has 0 aliphatic carbocycles. The van der Waals surface area contributed by atoms with Crippen molar-refractivity contribution in [2.45, 2.75) is 153 Å². The molecule has 0 fully saturated rings. The fourth-order valence-corrected chi connectivity index (χ4v) is 10.1. The largest absolute Gasteiger partial charge is 0.460 e. The smallest absolute Gasteiger partial charge is 0.350 e. The minimum Gasteiger partial charge on any atom is -0.460 e. The molecule has 50 heavy (non-hydrogen) atoms. The van der Waals surface area contributed by atoms with Crippen molar-refractivity contribution < 1.29 is 41.9 Å². The average Bonchev–Trinajstić information content (AvgIpc) is 2.96. The van der Waals surface area contributed by atoms with E-state index in [2.05, 4.69) is 20.8 Å². The molecule has 11 nitrogen and oxygen atoms in total. The Hall–Kier alpha value is -0.970. The fourth-order valence-electron chi connectivity index (χ4n) is 5.33. The summed E-state index contributed by atoms with van der Waals surface area (Å²) in [6, 6.07) is 9.53. The van der Waals surface area contributed by atoms with Crippen LogP contribution < -0.4 is 0 Å². The third kappa shape index (κ3) is 14.1. The third-order valence-corrected chi connectivity index (χ3v) is 12.6. The van der Waals surface area contributed by atoms with Crippen LogP contribution in [0, 0.1) is 10.8 Å². The Kier molecular flexibility index (Phi) is 18.7. The van der Waals surface area contributed by atoms with Crippen LogP contribution in [0.1, 0.15) is 129 Å². The quantitative estimate of drug-likeness (QED) is 0.0723. The predicted molar refractivity (Wildman–Crippen MR) is 202 cm³/mol. The van der Waals surface area contributed by atoms with Gasteiger partial charge in [-0.2, -0.15) is 10.1 Å². The van der Waals surface area contributed by atoms with Gasteiger partial charge < -0.3 is 22.8 Å². The molecule has 0 heterocycles. The zero-order valence-electron chi connectivity index (χ0n) is 34.2. The number of hydrogen-bond acceptors (Lipinski definition) is 11. The molecule has 0 saturated carbocycles. The maximum Gasteiger partial charge on any atom is 0.350 e. The van der Waals surface area contributed by atoms with Crippen LogP contribution >= 0.6 is 16.0 Å². The van der Waals surface area contributed by atoms with E-state index in [0.29, 0.717) is 13.2 Å². The molecular weight excluding hydrogens is 678 g/mol.